The van der Waals surface area contributed by atoms with Crippen LogP contribution in [0.3, 0.4) is 0 Å². The number of halogens is 3. The number of benzene rings is 1. The normalized spacial score (nSPS) is 10.8. The van der Waals surface area contributed by atoms with Crippen molar-refractivity contribution in [2.45, 2.75) is 19.6 Å². The summed E-state index contributed by atoms with van der Waals surface area (Å²) in [6.07, 6.45) is 0. The van der Waals surface area contributed by atoms with E-state index in [2.05, 4.69) is 11.5 Å². The Morgan fingerprint density at radius 3 is 2.13 bits per heavy atom. The van der Waals surface area contributed by atoms with Gasteiger partial charge in [-0.2, -0.15) is 0 Å². The summed E-state index contributed by atoms with van der Waals surface area (Å²) in [5.74, 6) is -1.31. The first-order valence-electron chi connectivity index (χ1n) is 4.48. The lowest BCUT2D eigenvalue weighted by atomic mass is 10.2. The molecule has 0 heterocycles. The molecule has 0 radical (unpaired) electrons. The molecule has 0 N–H and O–H groups in total. The van der Waals surface area contributed by atoms with Gasteiger partial charge in [0.1, 0.15) is 8.07 Å². The average Bonchev–Trinajstić information content (AvgIpc) is 2.12. The fourth-order valence-electron chi connectivity index (χ4n) is 0.877. The molecule has 0 atom stereocenters. The van der Waals surface area contributed by atoms with Gasteiger partial charge in [0.25, 0.3) is 0 Å². The van der Waals surface area contributed by atoms with Gasteiger partial charge in [0.05, 0.1) is 5.56 Å². The number of rotatable bonds is 0. The Morgan fingerprint density at radius 2 is 1.60 bits per heavy atom. The summed E-state index contributed by atoms with van der Waals surface area (Å²) >= 11 is 0. The second-order valence-corrected chi connectivity index (χ2v) is 8.97. The van der Waals surface area contributed by atoms with Gasteiger partial charge in [-0.15, -0.1) is 5.54 Å². The van der Waals surface area contributed by atoms with Crippen molar-refractivity contribution in [3.63, 3.8) is 0 Å². The van der Waals surface area contributed by atoms with Gasteiger partial charge in [-0.1, -0.05) is 25.6 Å². The second kappa shape index (κ2) is 4.11. The van der Waals surface area contributed by atoms with E-state index in [1.165, 1.54) is 0 Å². The van der Waals surface area contributed by atoms with Crippen molar-refractivity contribution in [2.24, 2.45) is 0 Å². The maximum Gasteiger partial charge on any atom is 0.195 e. The molecule has 0 aliphatic heterocycles. The smallest absolute Gasteiger partial charge is 0.195 e. The lowest BCUT2D eigenvalue weighted by Gasteiger charge is -2.03. The van der Waals surface area contributed by atoms with E-state index >= 15 is 0 Å². The first kappa shape index (κ1) is 11.9. The van der Waals surface area contributed by atoms with E-state index in [1.54, 1.807) is 0 Å². The summed E-state index contributed by atoms with van der Waals surface area (Å²) in [6.45, 7) is 5.95. The molecule has 0 aromatic heterocycles. The minimum atomic E-state index is -1.64. The van der Waals surface area contributed by atoms with E-state index in [0.717, 1.165) is 12.1 Å². The van der Waals surface area contributed by atoms with Crippen LogP contribution in [0.2, 0.25) is 19.6 Å². The number of hydrogen-bond acceptors (Lipinski definition) is 0. The molecule has 1 rings (SSSR count). The maximum absolute atomic E-state index is 13.1. The molecule has 0 amide bonds. The van der Waals surface area contributed by atoms with Crippen molar-refractivity contribution in [1.82, 2.24) is 0 Å². The van der Waals surface area contributed by atoms with Gasteiger partial charge in [0.15, 0.2) is 17.5 Å². The molecule has 4 heteroatoms. The second-order valence-electron chi connectivity index (χ2n) is 4.22. The molecule has 0 spiro atoms. The van der Waals surface area contributed by atoms with Crippen LogP contribution in [0.4, 0.5) is 13.2 Å². The predicted octanol–water partition coefficient (Wildman–Crippen LogP) is 3.33. The van der Waals surface area contributed by atoms with E-state index in [-0.39, 0.29) is 5.56 Å². The Balaban J connectivity index is 3.17. The third kappa shape index (κ3) is 3.13. The van der Waals surface area contributed by atoms with E-state index in [0.29, 0.717) is 0 Å². The molecule has 0 fully saturated rings. The molecule has 1 aromatic rings. The zero-order chi connectivity index (χ0) is 11.6. The summed E-state index contributed by atoms with van der Waals surface area (Å²) in [7, 11) is -1.64. The highest BCUT2D eigenvalue weighted by Crippen LogP contribution is 2.14. The zero-order valence-electron chi connectivity index (χ0n) is 8.79. The monoisotopic (exact) mass is 228 g/mol. The van der Waals surface area contributed by atoms with Gasteiger partial charge < -0.3 is 0 Å². The summed E-state index contributed by atoms with van der Waals surface area (Å²) in [5, 5.41) is 0. The van der Waals surface area contributed by atoms with Crippen molar-refractivity contribution in [2.75, 3.05) is 0 Å². The van der Waals surface area contributed by atoms with Crippen LogP contribution in [0.15, 0.2) is 12.1 Å². The first-order valence-corrected chi connectivity index (χ1v) is 7.98. The van der Waals surface area contributed by atoms with Crippen LogP contribution in [0.25, 0.3) is 0 Å². The quantitative estimate of drug-likeness (QED) is 0.363. The Morgan fingerprint density at radius 1 is 1.00 bits per heavy atom. The van der Waals surface area contributed by atoms with Gasteiger partial charge in [-0.05, 0) is 12.1 Å². The van der Waals surface area contributed by atoms with Crippen molar-refractivity contribution in [3.05, 3.63) is 35.1 Å². The summed E-state index contributed by atoms with van der Waals surface area (Å²) in [5.41, 5.74) is 2.80. The molecule has 0 unspecified atom stereocenters. The summed E-state index contributed by atoms with van der Waals surface area (Å²) in [6, 6.07) is 2.04. The van der Waals surface area contributed by atoms with Crippen molar-refractivity contribution >= 4 is 8.07 Å². The van der Waals surface area contributed by atoms with E-state index in [1.807, 2.05) is 19.6 Å². The van der Waals surface area contributed by atoms with Gasteiger partial charge >= 0.3 is 0 Å². The van der Waals surface area contributed by atoms with E-state index in [4.69, 9.17) is 0 Å². The van der Waals surface area contributed by atoms with Crippen LogP contribution >= 0.6 is 0 Å². The minimum Gasteiger partial charge on any atom is -0.204 e. The standard InChI is InChI=1S/C11H11F3Si/c1-15(2,3)7-6-8-4-5-9(12)11(14)10(8)13/h4-5H,1-3H3. The van der Waals surface area contributed by atoms with Crippen LogP contribution in [-0.2, 0) is 0 Å². The first-order chi connectivity index (χ1) is 6.81. The zero-order valence-corrected chi connectivity index (χ0v) is 9.79. The molecular formula is C11H11F3Si. The molecule has 0 aliphatic carbocycles. The third-order valence-corrected chi connectivity index (χ3v) is 2.48. The van der Waals surface area contributed by atoms with Crippen LogP contribution < -0.4 is 0 Å². The molecule has 1 aromatic carbocycles. The van der Waals surface area contributed by atoms with Gasteiger partial charge in [0, 0.05) is 0 Å². The fraction of sp³-hybridized carbons (Fsp3) is 0.273. The van der Waals surface area contributed by atoms with Crippen molar-refractivity contribution in [3.8, 4) is 11.5 Å². The third-order valence-electron chi connectivity index (χ3n) is 1.61. The molecule has 0 saturated carbocycles. The van der Waals surface area contributed by atoms with Crippen molar-refractivity contribution < 1.29 is 13.2 Å². The minimum absolute atomic E-state index is 0.0867. The van der Waals surface area contributed by atoms with Crippen LogP contribution in [-0.4, -0.2) is 8.07 Å². The maximum atomic E-state index is 13.1. The summed E-state index contributed by atoms with van der Waals surface area (Å²) in [4.78, 5) is 0. The lowest BCUT2D eigenvalue weighted by molar-refractivity contribution is 0.446. The average molecular weight is 228 g/mol. The van der Waals surface area contributed by atoms with Crippen LogP contribution in [0.5, 0.6) is 0 Å². The molecule has 0 nitrogen and oxygen atoms in total. The molecule has 0 saturated heterocycles. The van der Waals surface area contributed by atoms with Crippen LogP contribution in [0.1, 0.15) is 5.56 Å². The fourth-order valence-corrected chi connectivity index (χ4v) is 1.39. The molecule has 0 aliphatic rings. The predicted molar refractivity (Wildman–Crippen MR) is 56.5 cm³/mol. The Kier molecular flexibility index (Phi) is 3.25. The van der Waals surface area contributed by atoms with Gasteiger partial charge in [0.2, 0.25) is 0 Å². The molecule has 0 bridgehead atoms. The van der Waals surface area contributed by atoms with Crippen LogP contribution in [0, 0.1) is 28.9 Å². The van der Waals surface area contributed by atoms with Crippen molar-refractivity contribution in [1.29, 1.82) is 0 Å². The molecule has 15 heavy (non-hydrogen) atoms. The van der Waals surface area contributed by atoms with E-state index in [9.17, 15) is 13.2 Å². The highest BCUT2D eigenvalue weighted by atomic mass is 28.3. The highest BCUT2D eigenvalue weighted by Gasteiger charge is 2.13. The Labute approximate surface area is 88.1 Å². The SMILES string of the molecule is C[Si](C)(C)C#Cc1ccc(F)c(F)c1F. The Bertz CT molecular complexity index is 436. The topological polar surface area (TPSA) is 0 Å². The summed E-state index contributed by atoms with van der Waals surface area (Å²) < 4.78 is 38.5. The van der Waals surface area contributed by atoms with Gasteiger partial charge in [-0.3, -0.25) is 0 Å². The highest BCUT2D eigenvalue weighted by molar-refractivity contribution is 6.83. The molecule has 80 valence electrons. The van der Waals surface area contributed by atoms with Gasteiger partial charge in [-0.25, -0.2) is 13.2 Å². The number of hydrogen-bond donors (Lipinski definition) is 0. The largest absolute Gasteiger partial charge is 0.204 e. The van der Waals surface area contributed by atoms with E-state index < -0.39 is 25.5 Å². The Hall–Kier alpha value is -1.21. The molecular weight excluding hydrogens is 217 g/mol. The lowest BCUT2D eigenvalue weighted by Crippen LogP contribution is -2.16.